The summed E-state index contributed by atoms with van der Waals surface area (Å²) in [4.78, 5) is 29.1. The van der Waals surface area contributed by atoms with Crippen LogP contribution in [0.4, 0.5) is 0 Å². The monoisotopic (exact) mass is 303 g/mol. The Balaban J connectivity index is 2.69. The Labute approximate surface area is 132 Å². The van der Waals surface area contributed by atoms with Crippen molar-refractivity contribution in [3.63, 3.8) is 0 Å². The van der Waals surface area contributed by atoms with E-state index in [2.05, 4.69) is 37.7 Å². The summed E-state index contributed by atoms with van der Waals surface area (Å²) < 4.78 is 0. The number of nitrogens with one attached hydrogen (secondary N) is 1. The highest BCUT2D eigenvalue weighted by Gasteiger charge is 2.18. The molecule has 1 heterocycles. The molecule has 2 amide bonds. The summed E-state index contributed by atoms with van der Waals surface area (Å²) in [5, 5.41) is 2.85. The van der Waals surface area contributed by atoms with Crippen molar-refractivity contribution in [2.45, 2.75) is 39.7 Å². The molecule has 0 unspecified atom stereocenters. The van der Waals surface area contributed by atoms with Crippen molar-refractivity contribution in [1.82, 2.24) is 15.2 Å². The number of carbonyl (C=O) groups excluding carboxylic acids is 2. The van der Waals surface area contributed by atoms with Gasteiger partial charge in [-0.15, -0.1) is 0 Å². The van der Waals surface area contributed by atoms with Gasteiger partial charge in [-0.2, -0.15) is 0 Å². The molecule has 22 heavy (non-hydrogen) atoms. The van der Waals surface area contributed by atoms with Crippen molar-refractivity contribution in [2.24, 2.45) is 0 Å². The van der Waals surface area contributed by atoms with E-state index in [0.29, 0.717) is 13.1 Å². The van der Waals surface area contributed by atoms with Crippen LogP contribution in [-0.2, 0) is 21.5 Å². The van der Waals surface area contributed by atoms with Crippen molar-refractivity contribution in [1.29, 1.82) is 0 Å². The second kappa shape index (κ2) is 7.73. The SMILES string of the molecule is C=CC(=O)N(CC)CC(=O)NCc1cnccc1C(C)(C)C. The number of hydrogen-bond donors (Lipinski definition) is 1. The van der Waals surface area contributed by atoms with Gasteiger partial charge in [0, 0.05) is 25.5 Å². The van der Waals surface area contributed by atoms with Crippen molar-refractivity contribution in [3.8, 4) is 0 Å². The van der Waals surface area contributed by atoms with Crippen LogP contribution in [0.2, 0.25) is 0 Å². The third-order valence-corrected chi connectivity index (χ3v) is 3.39. The van der Waals surface area contributed by atoms with Crippen LogP contribution in [0.5, 0.6) is 0 Å². The first-order valence-electron chi connectivity index (χ1n) is 7.41. The summed E-state index contributed by atoms with van der Waals surface area (Å²) in [6.07, 6.45) is 4.75. The zero-order chi connectivity index (χ0) is 16.8. The van der Waals surface area contributed by atoms with E-state index < -0.39 is 0 Å². The van der Waals surface area contributed by atoms with Crippen LogP contribution in [0.3, 0.4) is 0 Å². The van der Waals surface area contributed by atoms with Gasteiger partial charge in [0.15, 0.2) is 0 Å². The first-order valence-corrected chi connectivity index (χ1v) is 7.41. The Hall–Kier alpha value is -2.17. The highest BCUT2D eigenvalue weighted by atomic mass is 16.2. The lowest BCUT2D eigenvalue weighted by Crippen LogP contribution is -2.39. The van der Waals surface area contributed by atoms with E-state index in [4.69, 9.17) is 0 Å². The fraction of sp³-hybridized carbons (Fsp3) is 0.471. The van der Waals surface area contributed by atoms with Gasteiger partial charge in [0.05, 0.1) is 6.54 Å². The number of nitrogens with zero attached hydrogens (tertiary/aromatic N) is 2. The van der Waals surface area contributed by atoms with Gasteiger partial charge in [0.25, 0.3) is 0 Å². The summed E-state index contributed by atoms with van der Waals surface area (Å²) in [7, 11) is 0. The van der Waals surface area contributed by atoms with Gasteiger partial charge in [-0.05, 0) is 35.6 Å². The Kier molecular flexibility index (Phi) is 6.28. The molecule has 0 saturated heterocycles. The smallest absolute Gasteiger partial charge is 0.246 e. The summed E-state index contributed by atoms with van der Waals surface area (Å²) in [5.41, 5.74) is 2.12. The summed E-state index contributed by atoms with van der Waals surface area (Å²) in [5.74, 6) is -0.435. The Morgan fingerprint density at radius 1 is 1.41 bits per heavy atom. The molecule has 1 aromatic rings. The second-order valence-electron chi connectivity index (χ2n) is 6.12. The molecule has 120 valence electrons. The maximum absolute atomic E-state index is 12.0. The zero-order valence-electron chi connectivity index (χ0n) is 13.8. The molecule has 0 saturated carbocycles. The lowest BCUT2D eigenvalue weighted by Gasteiger charge is -2.23. The third-order valence-electron chi connectivity index (χ3n) is 3.39. The predicted octanol–water partition coefficient (Wildman–Crippen LogP) is 2.03. The van der Waals surface area contributed by atoms with Crippen LogP contribution in [0.15, 0.2) is 31.1 Å². The van der Waals surface area contributed by atoms with Crippen molar-refractivity contribution in [3.05, 3.63) is 42.2 Å². The number of carbonyl (C=O) groups is 2. The van der Waals surface area contributed by atoms with Crippen LogP contribution in [0.1, 0.15) is 38.8 Å². The Morgan fingerprint density at radius 3 is 2.64 bits per heavy atom. The average Bonchev–Trinajstić information content (AvgIpc) is 2.49. The molecule has 0 fully saturated rings. The highest BCUT2D eigenvalue weighted by Crippen LogP contribution is 2.24. The van der Waals surface area contributed by atoms with Crippen LogP contribution >= 0.6 is 0 Å². The van der Waals surface area contributed by atoms with Crippen LogP contribution < -0.4 is 5.32 Å². The van der Waals surface area contributed by atoms with Crippen molar-refractivity contribution >= 4 is 11.8 Å². The Bertz CT molecular complexity index is 547. The molecule has 5 nitrogen and oxygen atoms in total. The minimum Gasteiger partial charge on any atom is -0.350 e. The molecule has 1 N–H and O–H groups in total. The average molecular weight is 303 g/mol. The summed E-state index contributed by atoms with van der Waals surface area (Å²) in [6, 6.07) is 1.97. The molecule has 0 bridgehead atoms. The molecule has 1 aromatic heterocycles. The topological polar surface area (TPSA) is 62.3 Å². The van der Waals surface area contributed by atoms with Crippen LogP contribution in [0.25, 0.3) is 0 Å². The first kappa shape index (κ1) is 17.9. The van der Waals surface area contributed by atoms with Crippen LogP contribution in [-0.4, -0.2) is 34.8 Å². The lowest BCUT2D eigenvalue weighted by molar-refractivity contribution is -0.132. The molecule has 1 rings (SSSR count). The van der Waals surface area contributed by atoms with Crippen LogP contribution in [0, 0.1) is 0 Å². The van der Waals surface area contributed by atoms with Crippen molar-refractivity contribution < 1.29 is 9.59 Å². The normalized spacial score (nSPS) is 10.9. The fourth-order valence-electron chi connectivity index (χ4n) is 2.20. The van der Waals surface area contributed by atoms with Crippen molar-refractivity contribution in [2.75, 3.05) is 13.1 Å². The van der Waals surface area contributed by atoms with E-state index in [0.717, 1.165) is 11.1 Å². The van der Waals surface area contributed by atoms with Gasteiger partial charge < -0.3 is 10.2 Å². The van der Waals surface area contributed by atoms with Gasteiger partial charge in [-0.1, -0.05) is 27.4 Å². The third kappa shape index (κ3) is 4.98. The minimum atomic E-state index is -0.241. The first-order chi connectivity index (χ1) is 10.3. The molecule has 0 aliphatic carbocycles. The maximum Gasteiger partial charge on any atom is 0.246 e. The Morgan fingerprint density at radius 2 is 2.09 bits per heavy atom. The maximum atomic E-state index is 12.0. The molecule has 0 aliphatic rings. The molecule has 0 atom stereocenters. The minimum absolute atomic E-state index is 0.0166. The molecule has 0 spiro atoms. The number of rotatable bonds is 6. The molecule has 0 radical (unpaired) electrons. The van der Waals surface area contributed by atoms with E-state index in [1.54, 1.807) is 12.4 Å². The van der Waals surface area contributed by atoms with Gasteiger partial charge >= 0.3 is 0 Å². The number of pyridine rings is 1. The second-order valence-corrected chi connectivity index (χ2v) is 6.12. The van der Waals surface area contributed by atoms with Gasteiger partial charge in [-0.3, -0.25) is 14.6 Å². The zero-order valence-corrected chi connectivity index (χ0v) is 13.8. The molecule has 5 heteroatoms. The largest absolute Gasteiger partial charge is 0.350 e. The van der Waals surface area contributed by atoms with E-state index in [1.165, 1.54) is 11.0 Å². The fourth-order valence-corrected chi connectivity index (χ4v) is 2.20. The summed E-state index contributed by atoms with van der Waals surface area (Å²) >= 11 is 0. The summed E-state index contributed by atoms with van der Waals surface area (Å²) in [6.45, 7) is 12.5. The number of aromatic nitrogens is 1. The molecular weight excluding hydrogens is 278 g/mol. The van der Waals surface area contributed by atoms with E-state index in [1.807, 2.05) is 13.0 Å². The quantitative estimate of drug-likeness (QED) is 0.818. The molecule has 0 aromatic carbocycles. The number of amides is 2. The lowest BCUT2D eigenvalue weighted by atomic mass is 9.85. The highest BCUT2D eigenvalue weighted by molar-refractivity contribution is 5.90. The number of hydrogen-bond acceptors (Lipinski definition) is 3. The molecular formula is C17H25N3O2. The predicted molar refractivity (Wildman–Crippen MR) is 87.2 cm³/mol. The van der Waals surface area contributed by atoms with E-state index >= 15 is 0 Å². The standard InChI is InChI=1S/C17H25N3O2/c1-6-16(22)20(7-2)12-15(21)19-11-13-10-18-9-8-14(13)17(3,4)5/h6,8-10H,1,7,11-12H2,2-5H3,(H,19,21). The van der Waals surface area contributed by atoms with E-state index in [-0.39, 0.29) is 23.8 Å². The molecule has 0 aliphatic heterocycles. The van der Waals surface area contributed by atoms with E-state index in [9.17, 15) is 9.59 Å². The number of likely N-dealkylation sites (N-methyl/N-ethyl adjacent to an activating group) is 1. The van der Waals surface area contributed by atoms with Gasteiger partial charge in [0.1, 0.15) is 0 Å². The van der Waals surface area contributed by atoms with Gasteiger partial charge in [0.2, 0.25) is 11.8 Å². The van der Waals surface area contributed by atoms with Gasteiger partial charge in [-0.25, -0.2) is 0 Å².